The molecule has 0 spiro atoms. The minimum absolute atomic E-state index is 0.134. The van der Waals surface area contributed by atoms with Crippen molar-refractivity contribution in [2.24, 2.45) is 11.8 Å². The number of hydrazine groups is 1. The molecular formula is C41H57N7O4. The second kappa shape index (κ2) is 18.0. The predicted molar refractivity (Wildman–Crippen MR) is 207 cm³/mol. The summed E-state index contributed by atoms with van der Waals surface area (Å²) in [5.74, 6) is 7.58. The first-order valence-corrected chi connectivity index (χ1v) is 18.4. The normalized spacial score (nSPS) is 15.6. The highest BCUT2D eigenvalue weighted by Crippen LogP contribution is 2.28. The summed E-state index contributed by atoms with van der Waals surface area (Å²) in [5.41, 5.74) is 5.72. The number of aromatic amines is 1. The van der Waals surface area contributed by atoms with Crippen LogP contribution in [0.2, 0.25) is 0 Å². The molecule has 1 aliphatic rings. The van der Waals surface area contributed by atoms with E-state index < -0.39 is 17.7 Å². The highest BCUT2D eigenvalue weighted by atomic mass is 16.6. The minimum Gasteiger partial charge on any atom is -0.444 e. The average Bonchev–Trinajstić information content (AvgIpc) is 3.58. The van der Waals surface area contributed by atoms with Crippen molar-refractivity contribution < 1.29 is 19.1 Å². The summed E-state index contributed by atoms with van der Waals surface area (Å²) < 4.78 is 5.34. The molecule has 280 valence electrons. The number of piperidine rings is 1. The van der Waals surface area contributed by atoms with Crippen molar-refractivity contribution in [2.45, 2.75) is 98.8 Å². The monoisotopic (exact) mass is 711 g/mol. The van der Waals surface area contributed by atoms with Crippen LogP contribution in [0.5, 0.6) is 0 Å². The van der Waals surface area contributed by atoms with Crippen molar-refractivity contribution in [1.82, 2.24) is 30.1 Å². The Morgan fingerprint density at radius 3 is 2.35 bits per heavy atom. The fraction of sp³-hybridized carbons (Fsp3) is 0.463. The lowest BCUT2D eigenvalue weighted by Crippen LogP contribution is -2.52. The Bertz CT molecular complexity index is 1710. The molecule has 11 nitrogen and oxygen atoms in total. The molecule has 52 heavy (non-hydrogen) atoms. The van der Waals surface area contributed by atoms with Crippen molar-refractivity contribution in [2.75, 3.05) is 19.6 Å². The molecule has 1 unspecified atom stereocenters. The van der Waals surface area contributed by atoms with Gasteiger partial charge >= 0.3 is 6.09 Å². The highest BCUT2D eigenvalue weighted by molar-refractivity contribution is 5.86. The first-order valence-electron chi connectivity index (χ1n) is 18.4. The third-order valence-electron chi connectivity index (χ3n) is 9.21. The molecule has 2 atom stereocenters. The molecule has 0 aliphatic carbocycles. The first-order chi connectivity index (χ1) is 24.7. The van der Waals surface area contributed by atoms with Gasteiger partial charge < -0.3 is 24.8 Å². The second-order valence-corrected chi connectivity index (χ2v) is 14.6. The average molecular weight is 712 g/mol. The zero-order chi connectivity index (χ0) is 38.0. The van der Waals surface area contributed by atoms with E-state index in [9.17, 15) is 14.4 Å². The van der Waals surface area contributed by atoms with E-state index in [0.717, 1.165) is 52.9 Å². The molecule has 0 bridgehead atoms. The third-order valence-corrected chi connectivity index (χ3v) is 9.21. The largest absolute Gasteiger partial charge is 0.444 e. The van der Waals surface area contributed by atoms with Crippen molar-refractivity contribution in [1.29, 1.82) is 0 Å². The van der Waals surface area contributed by atoms with Crippen LogP contribution in [0.15, 0.2) is 73.1 Å². The van der Waals surface area contributed by atoms with Crippen molar-refractivity contribution >= 4 is 23.6 Å². The Hall–Kier alpha value is -4.90. The van der Waals surface area contributed by atoms with E-state index >= 15 is 0 Å². The van der Waals surface area contributed by atoms with Gasteiger partial charge in [-0.15, -0.1) is 0 Å². The standard InChI is InChI=1S/C41H57N7O4/c1-9-22-46(38(49)24-28(4)10-2)26-29(5)48(42)36(11-3)33-20-16-31(17-21-33)30-14-18-32(19-15-30)35-25-43-37(44-35)27-47-23-12-13-34(39(47)50)45-40(51)52-41(6,7)8/h11,14-21,25,28,34H,5,9-10,12-13,22-24,26-27,42H2,1-4,6-8H3,(H,43,44)(H,45,51)/b36-11-/t28?,34-/m1/s1. The summed E-state index contributed by atoms with van der Waals surface area (Å²) in [6.45, 7) is 19.8. The number of hydrogen-bond acceptors (Lipinski definition) is 7. The number of hydrogen-bond donors (Lipinski definition) is 3. The quantitative estimate of drug-likeness (QED) is 0.110. The van der Waals surface area contributed by atoms with Crippen LogP contribution in [-0.4, -0.2) is 74.0 Å². The van der Waals surface area contributed by atoms with Gasteiger partial charge in [-0.3, -0.25) is 14.6 Å². The molecule has 2 aromatic carbocycles. The molecule has 1 aromatic heterocycles. The van der Waals surface area contributed by atoms with E-state index in [-0.39, 0.29) is 11.8 Å². The Labute approximate surface area is 309 Å². The molecule has 1 fully saturated rings. The molecule has 3 amide bonds. The van der Waals surface area contributed by atoms with Gasteiger partial charge in [-0.2, -0.15) is 0 Å². The smallest absolute Gasteiger partial charge is 0.408 e. The molecule has 0 saturated carbocycles. The Kier molecular flexibility index (Phi) is 13.8. The molecule has 3 aromatic rings. The molecule has 1 aliphatic heterocycles. The molecule has 4 rings (SSSR count). The number of allylic oxidation sites excluding steroid dienone is 1. The number of rotatable bonds is 15. The van der Waals surface area contributed by atoms with Crippen LogP contribution in [0.4, 0.5) is 4.79 Å². The van der Waals surface area contributed by atoms with Crippen molar-refractivity contribution in [3.8, 4) is 22.4 Å². The number of amides is 3. The number of nitrogens with one attached hydrogen (secondary N) is 2. The summed E-state index contributed by atoms with van der Waals surface area (Å²) >= 11 is 0. The number of nitrogens with two attached hydrogens (primary N) is 1. The minimum atomic E-state index is -0.636. The molecule has 2 heterocycles. The number of ether oxygens (including phenoxy) is 1. The van der Waals surface area contributed by atoms with Gasteiger partial charge in [0.05, 0.1) is 30.7 Å². The maximum Gasteiger partial charge on any atom is 0.408 e. The van der Waals surface area contributed by atoms with E-state index in [0.29, 0.717) is 56.5 Å². The lowest BCUT2D eigenvalue weighted by atomic mass is 10.0. The lowest BCUT2D eigenvalue weighted by Gasteiger charge is -2.32. The van der Waals surface area contributed by atoms with E-state index in [1.165, 1.54) is 0 Å². The van der Waals surface area contributed by atoms with Gasteiger partial charge in [0.2, 0.25) is 11.8 Å². The number of imidazole rings is 1. The molecular weight excluding hydrogens is 654 g/mol. The van der Waals surface area contributed by atoms with Crippen LogP contribution < -0.4 is 11.2 Å². The van der Waals surface area contributed by atoms with Gasteiger partial charge in [-0.05, 0) is 75.1 Å². The summed E-state index contributed by atoms with van der Waals surface area (Å²) in [7, 11) is 0. The van der Waals surface area contributed by atoms with Crippen LogP contribution in [0, 0.1) is 5.92 Å². The van der Waals surface area contributed by atoms with Crippen LogP contribution in [0.1, 0.15) is 92.0 Å². The third kappa shape index (κ3) is 10.8. The molecule has 1 saturated heterocycles. The van der Waals surface area contributed by atoms with E-state index in [1.807, 2.05) is 42.2 Å². The van der Waals surface area contributed by atoms with Gasteiger partial charge in [-0.25, -0.2) is 15.6 Å². The summed E-state index contributed by atoms with van der Waals surface area (Å²) in [6, 6.07) is 15.8. The maximum atomic E-state index is 13.1. The zero-order valence-electron chi connectivity index (χ0n) is 32.0. The van der Waals surface area contributed by atoms with Crippen molar-refractivity contribution in [3.05, 3.63) is 84.5 Å². The second-order valence-electron chi connectivity index (χ2n) is 14.6. The highest BCUT2D eigenvalue weighted by Gasteiger charge is 2.32. The van der Waals surface area contributed by atoms with Crippen LogP contribution in [-0.2, 0) is 20.9 Å². The SMILES string of the molecule is C=C(CN(CCC)C(=O)CC(C)CC)N(N)/C(=C\C)c1ccc(-c2ccc(-c3cnc(CN4CCC[C@@H](NC(=O)OC(C)(C)C)C4=O)[nH]3)cc2)cc1. The summed E-state index contributed by atoms with van der Waals surface area (Å²) in [5, 5.41) is 4.31. The fourth-order valence-corrected chi connectivity index (χ4v) is 6.17. The topological polar surface area (TPSA) is 137 Å². The van der Waals surface area contributed by atoms with Crippen LogP contribution >= 0.6 is 0 Å². The molecule has 0 radical (unpaired) electrons. The number of carbonyl (C=O) groups excluding carboxylic acids is 3. The fourth-order valence-electron chi connectivity index (χ4n) is 6.17. The number of aromatic nitrogens is 2. The molecule has 4 N–H and O–H groups in total. The summed E-state index contributed by atoms with van der Waals surface area (Å²) in [4.78, 5) is 49.8. The summed E-state index contributed by atoms with van der Waals surface area (Å²) in [6.07, 6.45) is 6.85. The van der Waals surface area contributed by atoms with Crippen LogP contribution in [0.3, 0.4) is 0 Å². The number of carbonyl (C=O) groups is 3. The van der Waals surface area contributed by atoms with Crippen LogP contribution in [0.25, 0.3) is 28.1 Å². The first kappa shape index (κ1) is 39.9. The van der Waals surface area contributed by atoms with Gasteiger partial charge in [0.1, 0.15) is 17.5 Å². The number of likely N-dealkylation sites (tertiary alicyclic amines) is 1. The van der Waals surface area contributed by atoms with E-state index in [4.69, 9.17) is 10.6 Å². The van der Waals surface area contributed by atoms with Gasteiger partial charge in [0, 0.05) is 25.2 Å². The number of H-pyrrole nitrogens is 1. The van der Waals surface area contributed by atoms with E-state index in [1.54, 1.807) is 36.9 Å². The Morgan fingerprint density at radius 2 is 1.75 bits per heavy atom. The Morgan fingerprint density at radius 1 is 1.12 bits per heavy atom. The number of nitrogens with zero attached hydrogens (tertiary/aromatic N) is 4. The number of alkyl carbamates (subject to hydrolysis) is 1. The van der Waals surface area contributed by atoms with Gasteiger partial charge in [0.15, 0.2) is 0 Å². The maximum absolute atomic E-state index is 13.1. The van der Waals surface area contributed by atoms with E-state index in [2.05, 4.69) is 66.9 Å². The predicted octanol–water partition coefficient (Wildman–Crippen LogP) is 7.48. The van der Waals surface area contributed by atoms with Gasteiger partial charge in [-0.1, -0.05) is 88.4 Å². The lowest BCUT2D eigenvalue weighted by molar-refractivity contribution is -0.136. The Balaban J connectivity index is 1.36. The zero-order valence-corrected chi connectivity index (χ0v) is 32.0. The molecule has 11 heteroatoms. The van der Waals surface area contributed by atoms with Gasteiger partial charge in [0.25, 0.3) is 0 Å². The van der Waals surface area contributed by atoms with Crippen molar-refractivity contribution in [3.63, 3.8) is 0 Å². The number of benzene rings is 2.